The van der Waals surface area contributed by atoms with Crippen molar-refractivity contribution >= 4 is 17.6 Å². The maximum atomic E-state index is 12.0. The van der Waals surface area contributed by atoms with Crippen LogP contribution in [0, 0.1) is 0 Å². The molecule has 0 unspecified atom stereocenters. The zero-order valence-corrected chi connectivity index (χ0v) is 12.1. The Kier molecular flexibility index (Phi) is 5.37. The summed E-state index contributed by atoms with van der Waals surface area (Å²) < 4.78 is 10.1. The van der Waals surface area contributed by atoms with Crippen molar-refractivity contribution in [2.45, 2.75) is 32.9 Å². The van der Waals surface area contributed by atoms with Crippen molar-refractivity contribution in [1.29, 1.82) is 0 Å². The first-order chi connectivity index (χ1) is 9.35. The minimum absolute atomic E-state index is 0.0513. The minimum atomic E-state index is -0.723. The third-order valence-corrected chi connectivity index (χ3v) is 2.54. The van der Waals surface area contributed by atoms with Crippen LogP contribution in [0.4, 0.5) is 5.69 Å². The van der Waals surface area contributed by atoms with Crippen molar-refractivity contribution in [2.75, 3.05) is 12.8 Å². The zero-order chi connectivity index (χ0) is 15.3. The molecule has 1 aromatic carbocycles. The highest BCUT2D eigenvalue weighted by molar-refractivity contribution is 5.97. The fourth-order valence-electron chi connectivity index (χ4n) is 1.55. The van der Waals surface area contributed by atoms with Crippen molar-refractivity contribution in [3.8, 4) is 5.75 Å². The molecule has 6 nitrogen and oxygen atoms in total. The van der Waals surface area contributed by atoms with Gasteiger partial charge < -0.3 is 20.5 Å². The van der Waals surface area contributed by atoms with E-state index in [0.717, 1.165) is 0 Å². The third-order valence-electron chi connectivity index (χ3n) is 2.54. The van der Waals surface area contributed by atoms with Crippen LogP contribution in [0.3, 0.4) is 0 Å². The Labute approximate surface area is 118 Å². The molecule has 0 heterocycles. The van der Waals surface area contributed by atoms with Crippen molar-refractivity contribution in [1.82, 2.24) is 5.32 Å². The first-order valence-electron chi connectivity index (χ1n) is 6.30. The topological polar surface area (TPSA) is 90.7 Å². The van der Waals surface area contributed by atoms with Gasteiger partial charge in [0, 0.05) is 5.56 Å². The Balaban J connectivity index is 2.86. The number of rotatable bonds is 5. The molecule has 0 aliphatic carbocycles. The lowest BCUT2D eigenvalue weighted by molar-refractivity contribution is -0.142. The molecule has 0 aromatic heterocycles. The quantitative estimate of drug-likeness (QED) is 0.627. The summed E-state index contributed by atoms with van der Waals surface area (Å²) in [5, 5.41) is 2.54. The van der Waals surface area contributed by atoms with Gasteiger partial charge in [0.1, 0.15) is 11.8 Å². The second-order valence-corrected chi connectivity index (χ2v) is 4.64. The standard InChI is InChI=1S/C14H20N2O4/c1-8(2)20-12-7-10(5-6-11(12)15)13(17)16-9(3)14(18)19-4/h5-9H,15H2,1-4H3,(H,16,17)/t9-/m1/s1. The van der Waals surface area contributed by atoms with E-state index < -0.39 is 17.9 Å². The van der Waals surface area contributed by atoms with E-state index in [1.807, 2.05) is 13.8 Å². The van der Waals surface area contributed by atoms with E-state index >= 15 is 0 Å². The van der Waals surface area contributed by atoms with Gasteiger partial charge in [0.05, 0.1) is 18.9 Å². The number of benzene rings is 1. The molecule has 6 heteroatoms. The monoisotopic (exact) mass is 280 g/mol. The molecule has 1 amide bonds. The first-order valence-corrected chi connectivity index (χ1v) is 6.30. The number of anilines is 1. The highest BCUT2D eigenvalue weighted by atomic mass is 16.5. The predicted octanol–water partition coefficient (Wildman–Crippen LogP) is 1.35. The number of carbonyl (C=O) groups excluding carboxylic acids is 2. The molecule has 0 radical (unpaired) electrons. The number of esters is 1. The number of hydrogen-bond acceptors (Lipinski definition) is 5. The van der Waals surface area contributed by atoms with Gasteiger partial charge in [-0.25, -0.2) is 4.79 Å². The van der Waals surface area contributed by atoms with E-state index in [2.05, 4.69) is 10.1 Å². The van der Waals surface area contributed by atoms with E-state index in [1.54, 1.807) is 25.1 Å². The lowest BCUT2D eigenvalue weighted by Gasteiger charge is -2.15. The van der Waals surface area contributed by atoms with Crippen LogP contribution in [-0.2, 0) is 9.53 Å². The van der Waals surface area contributed by atoms with Gasteiger partial charge in [0.2, 0.25) is 0 Å². The van der Waals surface area contributed by atoms with E-state index in [9.17, 15) is 9.59 Å². The van der Waals surface area contributed by atoms with Crippen LogP contribution in [-0.4, -0.2) is 31.1 Å². The van der Waals surface area contributed by atoms with Gasteiger partial charge in [-0.15, -0.1) is 0 Å². The minimum Gasteiger partial charge on any atom is -0.489 e. The maximum absolute atomic E-state index is 12.0. The fraction of sp³-hybridized carbons (Fsp3) is 0.429. The van der Waals surface area contributed by atoms with E-state index in [0.29, 0.717) is 17.0 Å². The Morgan fingerprint density at radius 1 is 1.25 bits per heavy atom. The van der Waals surface area contributed by atoms with Gasteiger partial charge in [0.25, 0.3) is 5.91 Å². The molecule has 110 valence electrons. The van der Waals surface area contributed by atoms with Crippen LogP contribution < -0.4 is 15.8 Å². The average Bonchev–Trinajstić information content (AvgIpc) is 2.39. The van der Waals surface area contributed by atoms with Crippen molar-refractivity contribution in [3.63, 3.8) is 0 Å². The Hall–Kier alpha value is -2.24. The van der Waals surface area contributed by atoms with Gasteiger partial charge in [-0.2, -0.15) is 0 Å². The van der Waals surface area contributed by atoms with E-state index in [1.165, 1.54) is 7.11 Å². The molecular formula is C14H20N2O4. The molecule has 0 bridgehead atoms. The zero-order valence-electron chi connectivity index (χ0n) is 12.1. The van der Waals surface area contributed by atoms with Gasteiger partial charge in [-0.3, -0.25) is 4.79 Å². The molecule has 1 aromatic rings. The fourth-order valence-corrected chi connectivity index (χ4v) is 1.55. The summed E-state index contributed by atoms with van der Waals surface area (Å²) in [7, 11) is 1.27. The van der Waals surface area contributed by atoms with Gasteiger partial charge in [0.15, 0.2) is 0 Å². The summed E-state index contributed by atoms with van der Waals surface area (Å²) in [6.45, 7) is 5.28. The second kappa shape index (κ2) is 6.79. The van der Waals surface area contributed by atoms with Crippen LogP contribution in [0.25, 0.3) is 0 Å². The number of nitrogens with one attached hydrogen (secondary N) is 1. The van der Waals surface area contributed by atoms with Gasteiger partial charge in [-0.1, -0.05) is 0 Å². The summed E-state index contributed by atoms with van der Waals surface area (Å²) in [6.07, 6.45) is -0.0513. The van der Waals surface area contributed by atoms with Crippen LogP contribution in [0.5, 0.6) is 5.75 Å². The lowest BCUT2D eigenvalue weighted by Crippen LogP contribution is -2.39. The third kappa shape index (κ3) is 4.15. The Morgan fingerprint density at radius 2 is 1.90 bits per heavy atom. The number of nitrogen functional groups attached to an aromatic ring is 1. The summed E-state index contributed by atoms with van der Waals surface area (Å²) >= 11 is 0. The Morgan fingerprint density at radius 3 is 2.45 bits per heavy atom. The summed E-state index contributed by atoms with van der Waals surface area (Å²) in [6, 6.07) is 3.99. The van der Waals surface area contributed by atoms with Gasteiger partial charge >= 0.3 is 5.97 Å². The predicted molar refractivity (Wildman–Crippen MR) is 75.6 cm³/mol. The Bertz CT molecular complexity index is 500. The largest absolute Gasteiger partial charge is 0.489 e. The SMILES string of the molecule is COC(=O)[C@@H](C)NC(=O)c1ccc(N)c(OC(C)C)c1. The molecule has 20 heavy (non-hydrogen) atoms. The highest BCUT2D eigenvalue weighted by Crippen LogP contribution is 2.23. The van der Waals surface area contributed by atoms with Crippen molar-refractivity contribution in [2.24, 2.45) is 0 Å². The average molecular weight is 280 g/mol. The normalized spacial score (nSPS) is 11.8. The molecule has 0 aliphatic heterocycles. The van der Waals surface area contributed by atoms with E-state index in [-0.39, 0.29) is 6.10 Å². The molecule has 0 saturated heterocycles. The molecule has 1 rings (SSSR count). The van der Waals surface area contributed by atoms with Crippen LogP contribution >= 0.6 is 0 Å². The van der Waals surface area contributed by atoms with Gasteiger partial charge in [-0.05, 0) is 39.0 Å². The number of ether oxygens (including phenoxy) is 2. The molecule has 0 aliphatic rings. The summed E-state index contributed by atoms with van der Waals surface area (Å²) in [5.41, 5.74) is 6.60. The number of methoxy groups -OCH3 is 1. The summed E-state index contributed by atoms with van der Waals surface area (Å²) in [4.78, 5) is 23.3. The molecular weight excluding hydrogens is 260 g/mol. The molecule has 3 N–H and O–H groups in total. The molecule has 1 atom stereocenters. The highest BCUT2D eigenvalue weighted by Gasteiger charge is 2.17. The molecule has 0 fully saturated rings. The molecule has 0 spiro atoms. The number of carbonyl (C=O) groups is 2. The number of amides is 1. The second-order valence-electron chi connectivity index (χ2n) is 4.64. The first kappa shape index (κ1) is 15.8. The van der Waals surface area contributed by atoms with E-state index in [4.69, 9.17) is 10.5 Å². The maximum Gasteiger partial charge on any atom is 0.328 e. The lowest BCUT2D eigenvalue weighted by atomic mass is 10.1. The van der Waals surface area contributed by atoms with Crippen LogP contribution in [0.15, 0.2) is 18.2 Å². The number of hydrogen-bond donors (Lipinski definition) is 2. The summed E-state index contributed by atoms with van der Waals surface area (Å²) in [5.74, 6) is -0.456. The smallest absolute Gasteiger partial charge is 0.328 e. The van der Waals surface area contributed by atoms with Crippen LogP contribution in [0.2, 0.25) is 0 Å². The van der Waals surface area contributed by atoms with Crippen molar-refractivity contribution in [3.05, 3.63) is 23.8 Å². The van der Waals surface area contributed by atoms with Crippen LogP contribution in [0.1, 0.15) is 31.1 Å². The molecule has 0 saturated carbocycles. The van der Waals surface area contributed by atoms with Crippen molar-refractivity contribution < 1.29 is 19.1 Å². The number of nitrogens with two attached hydrogens (primary N) is 1.